The minimum Gasteiger partial charge on any atom is -0.508 e. The van der Waals surface area contributed by atoms with Gasteiger partial charge in [-0.05, 0) is 61.4 Å². The van der Waals surface area contributed by atoms with Crippen LogP contribution < -0.4 is 5.32 Å². The number of anilines is 1. The van der Waals surface area contributed by atoms with Gasteiger partial charge in [0.05, 0.1) is 5.52 Å². The van der Waals surface area contributed by atoms with Gasteiger partial charge in [-0.25, -0.2) is 0 Å². The number of phenolic OH excluding ortho intramolecular Hbond substituents is 1. The van der Waals surface area contributed by atoms with Gasteiger partial charge in [-0.15, -0.1) is 0 Å². The average molecular weight is 278 g/mol. The van der Waals surface area contributed by atoms with Crippen LogP contribution in [0.3, 0.4) is 0 Å². The number of nitrogens with one attached hydrogen (secondary N) is 1. The van der Waals surface area contributed by atoms with Gasteiger partial charge < -0.3 is 10.4 Å². The third-order valence-corrected chi connectivity index (χ3v) is 3.59. The molecule has 0 fully saturated rings. The van der Waals surface area contributed by atoms with Crippen molar-refractivity contribution in [1.29, 1.82) is 0 Å². The quantitative estimate of drug-likeness (QED) is 0.707. The van der Waals surface area contributed by atoms with E-state index in [0.29, 0.717) is 5.75 Å². The van der Waals surface area contributed by atoms with E-state index in [9.17, 15) is 5.11 Å². The summed E-state index contributed by atoms with van der Waals surface area (Å²) in [6.45, 7) is 4.73. The summed E-state index contributed by atoms with van der Waals surface area (Å²) in [6.07, 6.45) is 0. The average Bonchev–Trinajstić information content (AvgIpc) is 2.46. The van der Waals surface area contributed by atoms with Crippen molar-refractivity contribution in [3.63, 3.8) is 0 Å². The predicted octanol–water partition coefficient (Wildman–Crippen LogP) is 4.17. The van der Waals surface area contributed by atoms with E-state index in [1.54, 1.807) is 12.1 Å². The number of benzene rings is 2. The molecule has 0 aliphatic carbocycles. The first-order chi connectivity index (χ1) is 10.1. The zero-order valence-corrected chi connectivity index (χ0v) is 12.2. The van der Waals surface area contributed by atoms with Crippen LogP contribution >= 0.6 is 0 Å². The Kier molecular flexibility index (Phi) is 3.48. The minimum absolute atomic E-state index is 0.296. The summed E-state index contributed by atoms with van der Waals surface area (Å²) in [7, 11) is 0. The molecule has 0 saturated carbocycles. The Morgan fingerprint density at radius 3 is 2.67 bits per heavy atom. The second kappa shape index (κ2) is 5.44. The highest BCUT2D eigenvalue weighted by Gasteiger charge is 2.01. The van der Waals surface area contributed by atoms with Crippen LogP contribution in [0.15, 0.2) is 48.5 Å². The molecule has 3 rings (SSSR count). The monoisotopic (exact) mass is 278 g/mol. The topological polar surface area (TPSA) is 45.1 Å². The molecular formula is C18H18N2O. The van der Waals surface area contributed by atoms with Crippen molar-refractivity contribution in [1.82, 2.24) is 4.98 Å². The van der Waals surface area contributed by atoms with Gasteiger partial charge in [0.1, 0.15) is 5.75 Å². The van der Waals surface area contributed by atoms with Crippen LogP contribution in [-0.2, 0) is 6.54 Å². The normalized spacial score (nSPS) is 10.8. The van der Waals surface area contributed by atoms with E-state index in [2.05, 4.69) is 34.6 Å². The largest absolute Gasteiger partial charge is 0.508 e. The molecule has 1 aromatic heterocycles. The van der Waals surface area contributed by atoms with Crippen molar-refractivity contribution >= 4 is 16.6 Å². The summed E-state index contributed by atoms with van der Waals surface area (Å²) in [5.41, 5.74) is 5.34. The fourth-order valence-corrected chi connectivity index (χ4v) is 2.43. The molecule has 0 spiro atoms. The molecule has 1 heterocycles. The Bertz CT molecular complexity index is 796. The molecule has 2 N–H and O–H groups in total. The highest BCUT2D eigenvalue weighted by Crippen LogP contribution is 2.21. The fourth-order valence-electron chi connectivity index (χ4n) is 2.43. The second-order valence-electron chi connectivity index (χ2n) is 5.33. The maximum atomic E-state index is 9.43. The van der Waals surface area contributed by atoms with Crippen molar-refractivity contribution in [2.45, 2.75) is 20.4 Å². The van der Waals surface area contributed by atoms with E-state index in [-0.39, 0.29) is 0 Å². The van der Waals surface area contributed by atoms with E-state index in [1.165, 1.54) is 5.56 Å². The lowest BCUT2D eigenvalue weighted by Crippen LogP contribution is -2.01. The van der Waals surface area contributed by atoms with E-state index >= 15 is 0 Å². The van der Waals surface area contributed by atoms with Gasteiger partial charge in [0.2, 0.25) is 0 Å². The van der Waals surface area contributed by atoms with Gasteiger partial charge in [0.25, 0.3) is 0 Å². The molecule has 0 aliphatic heterocycles. The lowest BCUT2D eigenvalue weighted by Gasteiger charge is -2.10. The van der Waals surface area contributed by atoms with E-state index in [0.717, 1.165) is 34.4 Å². The molecule has 0 bridgehead atoms. The second-order valence-corrected chi connectivity index (χ2v) is 5.33. The highest BCUT2D eigenvalue weighted by molar-refractivity contribution is 5.79. The first kappa shape index (κ1) is 13.4. The van der Waals surface area contributed by atoms with Gasteiger partial charge in [0.15, 0.2) is 0 Å². The number of aromatic nitrogens is 1. The van der Waals surface area contributed by atoms with Crippen molar-refractivity contribution < 1.29 is 5.11 Å². The first-order valence-electron chi connectivity index (χ1n) is 7.01. The Labute approximate surface area is 124 Å². The van der Waals surface area contributed by atoms with Gasteiger partial charge in [-0.2, -0.15) is 0 Å². The van der Waals surface area contributed by atoms with Crippen LogP contribution in [0.5, 0.6) is 5.75 Å². The van der Waals surface area contributed by atoms with Crippen molar-refractivity contribution in [3.05, 3.63) is 65.4 Å². The van der Waals surface area contributed by atoms with E-state index in [4.69, 9.17) is 0 Å². The van der Waals surface area contributed by atoms with Crippen LogP contribution in [0.25, 0.3) is 10.9 Å². The molecule has 106 valence electrons. The lowest BCUT2D eigenvalue weighted by atomic mass is 10.1. The van der Waals surface area contributed by atoms with Gasteiger partial charge >= 0.3 is 0 Å². The van der Waals surface area contributed by atoms with Gasteiger partial charge in [0, 0.05) is 23.3 Å². The smallest absolute Gasteiger partial charge is 0.115 e. The number of aromatic hydroxyl groups is 1. The molecule has 0 aliphatic rings. The van der Waals surface area contributed by atoms with E-state index < -0.39 is 0 Å². The summed E-state index contributed by atoms with van der Waals surface area (Å²) in [6, 6.07) is 15.8. The summed E-state index contributed by atoms with van der Waals surface area (Å²) in [5.74, 6) is 0.296. The van der Waals surface area contributed by atoms with Crippen LogP contribution in [-0.4, -0.2) is 10.1 Å². The zero-order chi connectivity index (χ0) is 14.8. The number of pyridine rings is 1. The van der Waals surface area contributed by atoms with Gasteiger partial charge in [-0.3, -0.25) is 4.98 Å². The standard InChI is InChI=1S/C18H18N2O/c1-12-9-16(21)6-8-17(12)19-11-14-4-7-18-15(10-14)5-3-13(2)20-18/h3-10,19,21H,11H2,1-2H3. The Morgan fingerprint density at radius 1 is 1.00 bits per heavy atom. The van der Waals surface area contributed by atoms with E-state index in [1.807, 2.05) is 26.0 Å². The molecule has 0 atom stereocenters. The third kappa shape index (κ3) is 2.97. The SMILES string of the molecule is Cc1ccc2cc(CNc3ccc(O)cc3C)ccc2n1. The molecule has 3 aromatic rings. The molecule has 0 radical (unpaired) electrons. The predicted molar refractivity (Wildman–Crippen MR) is 86.7 cm³/mol. The molecule has 21 heavy (non-hydrogen) atoms. The number of hydrogen-bond donors (Lipinski definition) is 2. The summed E-state index contributed by atoms with van der Waals surface area (Å²) in [4.78, 5) is 4.51. The summed E-state index contributed by atoms with van der Waals surface area (Å²) < 4.78 is 0. The number of aryl methyl sites for hydroxylation is 2. The summed E-state index contributed by atoms with van der Waals surface area (Å²) >= 11 is 0. The lowest BCUT2D eigenvalue weighted by molar-refractivity contribution is 0.475. The summed E-state index contributed by atoms with van der Waals surface area (Å²) in [5, 5.41) is 14.0. The van der Waals surface area contributed by atoms with Crippen molar-refractivity contribution in [2.24, 2.45) is 0 Å². The maximum Gasteiger partial charge on any atom is 0.115 e. The maximum absolute atomic E-state index is 9.43. The number of hydrogen-bond acceptors (Lipinski definition) is 3. The molecule has 3 nitrogen and oxygen atoms in total. The molecule has 0 unspecified atom stereocenters. The Hall–Kier alpha value is -2.55. The fraction of sp³-hybridized carbons (Fsp3) is 0.167. The van der Waals surface area contributed by atoms with Crippen LogP contribution in [0, 0.1) is 13.8 Å². The van der Waals surface area contributed by atoms with Crippen LogP contribution in [0.1, 0.15) is 16.8 Å². The van der Waals surface area contributed by atoms with Gasteiger partial charge in [-0.1, -0.05) is 12.1 Å². The molecule has 2 aromatic carbocycles. The Balaban J connectivity index is 1.80. The number of rotatable bonds is 3. The van der Waals surface area contributed by atoms with Crippen molar-refractivity contribution in [3.8, 4) is 5.75 Å². The number of nitrogens with zero attached hydrogens (tertiary/aromatic N) is 1. The molecule has 0 saturated heterocycles. The molecule has 0 amide bonds. The number of phenols is 1. The molecular weight excluding hydrogens is 260 g/mol. The first-order valence-corrected chi connectivity index (χ1v) is 7.01. The van der Waals surface area contributed by atoms with Crippen molar-refractivity contribution in [2.75, 3.05) is 5.32 Å². The highest BCUT2D eigenvalue weighted by atomic mass is 16.3. The third-order valence-electron chi connectivity index (χ3n) is 3.59. The zero-order valence-electron chi connectivity index (χ0n) is 12.2. The van der Waals surface area contributed by atoms with Crippen LogP contribution in [0.2, 0.25) is 0 Å². The van der Waals surface area contributed by atoms with Crippen LogP contribution in [0.4, 0.5) is 5.69 Å². The molecule has 3 heteroatoms. The Morgan fingerprint density at radius 2 is 1.86 bits per heavy atom. The minimum atomic E-state index is 0.296. The number of fused-ring (bicyclic) bond motifs is 1.